The molecule has 0 amide bonds. The Bertz CT molecular complexity index is 333. The van der Waals surface area contributed by atoms with Gasteiger partial charge in [-0.2, -0.15) is 0 Å². The molecule has 1 atom stereocenters. The van der Waals surface area contributed by atoms with E-state index >= 15 is 0 Å². The van der Waals surface area contributed by atoms with Crippen molar-refractivity contribution in [2.75, 3.05) is 7.11 Å². The Kier molecular flexibility index (Phi) is 4.37. The molecule has 1 aromatic carbocycles. The highest BCUT2D eigenvalue weighted by Gasteiger charge is 2.06. The van der Waals surface area contributed by atoms with E-state index in [4.69, 9.17) is 10.5 Å². The van der Waals surface area contributed by atoms with Gasteiger partial charge in [-0.15, -0.1) is 6.58 Å². The highest BCUT2D eigenvalue weighted by Crippen LogP contribution is 2.21. The van der Waals surface area contributed by atoms with Gasteiger partial charge in [-0.3, -0.25) is 0 Å². The molecule has 0 aliphatic carbocycles. The van der Waals surface area contributed by atoms with E-state index in [0.717, 1.165) is 24.2 Å². The summed E-state index contributed by atoms with van der Waals surface area (Å²) < 4.78 is 5.16. The van der Waals surface area contributed by atoms with E-state index < -0.39 is 0 Å². The van der Waals surface area contributed by atoms with E-state index in [1.807, 2.05) is 31.2 Å². The molecule has 82 valence electrons. The predicted molar refractivity (Wildman–Crippen MR) is 64.0 cm³/mol. The number of nitrogens with two attached hydrogens (primary N) is 1. The lowest BCUT2D eigenvalue weighted by Gasteiger charge is -2.12. The second kappa shape index (κ2) is 5.56. The summed E-state index contributed by atoms with van der Waals surface area (Å²) in [5.74, 6) is 0.860. The van der Waals surface area contributed by atoms with Crippen molar-refractivity contribution in [1.82, 2.24) is 0 Å². The van der Waals surface area contributed by atoms with Gasteiger partial charge in [-0.05, 0) is 37.5 Å². The van der Waals surface area contributed by atoms with Crippen LogP contribution in [0.25, 0.3) is 0 Å². The minimum absolute atomic E-state index is 0.0665. The van der Waals surface area contributed by atoms with Crippen molar-refractivity contribution >= 4 is 0 Å². The van der Waals surface area contributed by atoms with Crippen LogP contribution in [-0.2, 0) is 0 Å². The number of allylic oxidation sites excluding steroid dienone is 1. The van der Waals surface area contributed by atoms with Crippen LogP contribution in [-0.4, -0.2) is 7.11 Å². The Morgan fingerprint density at radius 1 is 1.53 bits per heavy atom. The molecule has 0 radical (unpaired) electrons. The Balaban J connectivity index is 2.64. The van der Waals surface area contributed by atoms with Gasteiger partial charge in [0.15, 0.2) is 0 Å². The lowest BCUT2D eigenvalue weighted by molar-refractivity contribution is 0.413. The number of benzene rings is 1. The van der Waals surface area contributed by atoms with Crippen molar-refractivity contribution in [2.24, 2.45) is 5.73 Å². The summed E-state index contributed by atoms with van der Waals surface area (Å²) in [4.78, 5) is 0. The highest BCUT2D eigenvalue weighted by molar-refractivity contribution is 5.30. The molecule has 0 fully saturated rings. The van der Waals surface area contributed by atoms with Gasteiger partial charge in [0.05, 0.1) is 7.11 Å². The molecule has 0 heterocycles. The second-order valence-electron chi connectivity index (χ2n) is 3.88. The summed E-state index contributed by atoms with van der Waals surface area (Å²) in [5, 5.41) is 0. The van der Waals surface area contributed by atoms with E-state index in [1.165, 1.54) is 5.57 Å². The van der Waals surface area contributed by atoms with Crippen LogP contribution in [0.1, 0.15) is 31.4 Å². The first-order valence-corrected chi connectivity index (χ1v) is 5.17. The van der Waals surface area contributed by atoms with Crippen molar-refractivity contribution in [3.8, 4) is 5.75 Å². The molecule has 0 aliphatic rings. The van der Waals surface area contributed by atoms with Gasteiger partial charge in [0.25, 0.3) is 0 Å². The van der Waals surface area contributed by atoms with E-state index in [0.29, 0.717) is 0 Å². The fourth-order valence-corrected chi connectivity index (χ4v) is 1.44. The fraction of sp³-hybridized carbons (Fsp3) is 0.385. The zero-order valence-corrected chi connectivity index (χ0v) is 9.49. The largest absolute Gasteiger partial charge is 0.497 e. The van der Waals surface area contributed by atoms with Gasteiger partial charge in [0, 0.05) is 6.04 Å². The first-order chi connectivity index (χ1) is 7.13. The van der Waals surface area contributed by atoms with E-state index in [-0.39, 0.29) is 6.04 Å². The maximum Gasteiger partial charge on any atom is 0.119 e. The SMILES string of the molecule is C=C(C)CCC(N)c1cccc(OC)c1. The van der Waals surface area contributed by atoms with Crippen LogP contribution in [0.2, 0.25) is 0 Å². The van der Waals surface area contributed by atoms with Crippen LogP contribution in [0.5, 0.6) is 5.75 Å². The Morgan fingerprint density at radius 3 is 2.87 bits per heavy atom. The minimum atomic E-state index is 0.0665. The zero-order valence-electron chi connectivity index (χ0n) is 9.49. The van der Waals surface area contributed by atoms with Crippen molar-refractivity contribution in [3.63, 3.8) is 0 Å². The number of ether oxygens (including phenoxy) is 1. The fourth-order valence-electron chi connectivity index (χ4n) is 1.44. The van der Waals surface area contributed by atoms with Gasteiger partial charge < -0.3 is 10.5 Å². The van der Waals surface area contributed by atoms with Crippen molar-refractivity contribution in [1.29, 1.82) is 0 Å². The van der Waals surface area contributed by atoms with Crippen LogP contribution in [0.15, 0.2) is 36.4 Å². The zero-order chi connectivity index (χ0) is 11.3. The number of hydrogen-bond acceptors (Lipinski definition) is 2. The van der Waals surface area contributed by atoms with Crippen molar-refractivity contribution < 1.29 is 4.74 Å². The molecule has 1 rings (SSSR count). The number of hydrogen-bond donors (Lipinski definition) is 1. The summed E-state index contributed by atoms with van der Waals surface area (Å²) in [6.07, 6.45) is 1.90. The quantitative estimate of drug-likeness (QED) is 0.750. The summed E-state index contributed by atoms with van der Waals surface area (Å²) in [5.41, 5.74) is 8.37. The van der Waals surface area contributed by atoms with Crippen LogP contribution in [0.4, 0.5) is 0 Å². The van der Waals surface area contributed by atoms with Crippen molar-refractivity contribution in [3.05, 3.63) is 42.0 Å². The molecule has 0 saturated carbocycles. The standard InChI is InChI=1S/C13H19NO/c1-10(2)7-8-13(14)11-5-4-6-12(9-11)15-3/h4-6,9,13H,1,7-8,14H2,2-3H3. The maximum absolute atomic E-state index is 6.07. The Morgan fingerprint density at radius 2 is 2.27 bits per heavy atom. The van der Waals surface area contributed by atoms with Crippen LogP contribution in [0, 0.1) is 0 Å². The van der Waals surface area contributed by atoms with Gasteiger partial charge >= 0.3 is 0 Å². The van der Waals surface area contributed by atoms with Gasteiger partial charge in [-0.25, -0.2) is 0 Å². The molecule has 0 saturated heterocycles. The topological polar surface area (TPSA) is 35.2 Å². The third-order valence-electron chi connectivity index (χ3n) is 2.40. The predicted octanol–water partition coefficient (Wildman–Crippen LogP) is 3.05. The van der Waals surface area contributed by atoms with E-state index in [2.05, 4.69) is 6.58 Å². The van der Waals surface area contributed by atoms with E-state index in [1.54, 1.807) is 7.11 Å². The van der Waals surface area contributed by atoms with Crippen molar-refractivity contribution in [2.45, 2.75) is 25.8 Å². The molecule has 0 aliphatic heterocycles. The third-order valence-corrected chi connectivity index (χ3v) is 2.40. The lowest BCUT2D eigenvalue weighted by Crippen LogP contribution is -2.10. The molecule has 2 N–H and O–H groups in total. The molecule has 0 bridgehead atoms. The minimum Gasteiger partial charge on any atom is -0.497 e. The van der Waals surface area contributed by atoms with Crippen LogP contribution >= 0.6 is 0 Å². The third kappa shape index (κ3) is 3.76. The van der Waals surface area contributed by atoms with Crippen LogP contribution < -0.4 is 10.5 Å². The summed E-state index contributed by atoms with van der Waals surface area (Å²) in [6, 6.07) is 7.98. The molecular weight excluding hydrogens is 186 g/mol. The summed E-state index contributed by atoms with van der Waals surface area (Å²) >= 11 is 0. The summed E-state index contributed by atoms with van der Waals surface area (Å²) in [7, 11) is 1.67. The first-order valence-electron chi connectivity index (χ1n) is 5.17. The molecule has 1 aromatic rings. The number of rotatable bonds is 5. The highest BCUT2D eigenvalue weighted by atomic mass is 16.5. The van der Waals surface area contributed by atoms with Crippen LogP contribution in [0.3, 0.4) is 0 Å². The molecule has 1 unspecified atom stereocenters. The molecular formula is C13H19NO. The Labute approximate surface area is 91.7 Å². The smallest absolute Gasteiger partial charge is 0.119 e. The molecule has 15 heavy (non-hydrogen) atoms. The summed E-state index contributed by atoms with van der Waals surface area (Å²) in [6.45, 7) is 5.90. The lowest BCUT2D eigenvalue weighted by atomic mass is 10.0. The number of methoxy groups -OCH3 is 1. The molecule has 2 nitrogen and oxygen atoms in total. The molecule has 0 aromatic heterocycles. The average Bonchev–Trinajstić information content (AvgIpc) is 2.26. The second-order valence-corrected chi connectivity index (χ2v) is 3.88. The normalized spacial score (nSPS) is 12.2. The molecule has 2 heteroatoms. The maximum atomic E-state index is 6.07. The van der Waals surface area contributed by atoms with Gasteiger partial charge in [0.1, 0.15) is 5.75 Å². The molecule has 0 spiro atoms. The average molecular weight is 205 g/mol. The first kappa shape index (κ1) is 11.8. The monoisotopic (exact) mass is 205 g/mol. The van der Waals surface area contributed by atoms with Gasteiger partial charge in [-0.1, -0.05) is 17.7 Å². The van der Waals surface area contributed by atoms with E-state index in [9.17, 15) is 0 Å². The Hall–Kier alpha value is -1.28. The van der Waals surface area contributed by atoms with Gasteiger partial charge in [0.2, 0.25) is 0 Å².